The molecule has 3 N–H and O–H groups in total. The topological polar surface area (TPSA) is 133 Å². The molecular formula is C11H13N5O4S. The number of nitrogens with zero attached hydrogens (tertiary/aromatic N) is 3. The molecule has 0 aliphatic rings. The average molecular weight is 311 g/mol. The number of hydrogen-bond acceptors (Lipinski definition) is 6. The van der Waals surface area contributed by atoms with Crippen LogP contribution in [0.2, 0.25) is 0 Å². The van der Waals surface area contributed by atoms with Crippen molar-refractivity contribution in [1.82, 2.24) is 9.78 Å². The first-order valence-electron chi connectivity index (χ1n) is 5.90. The number of nitro benzene ring substituents is 1. The number of hydrogen-bond donors (Lipinski definition) is 2. The van der Waals surface area contributed by atoms with Crippen LogP contribution in [0.5, 0.6) is 0 Å². The van der Waals surface area contributed by atoms with E-state index in [-0.39, 0.29) is 10.6 Å². The van der Waals surface area contributed by atoms with Crippen LogP contribution < -0.4 is 10.5 Å². The smallest absolute Gasteiger partial charge is 0.272 e. The second-order valence-corrected chi connectivity index (χ2v) is 5.78. The summed E-state index contributed by atoms with van der Waals surface area (Å²) in [4.78, 5) is 9.84. The van der Waals surface area contributed by atoms with Gasteiger partial charge in [-0.3, -0.25) is 14.8 Å². The predicted octanol–water partition coefficient (Wildman–Crippen LogP) is 0.551. The molecule has 0 saturated carbocycles. The molecule has 0 aliphatic carbocycles. The van der Waals surface area contributed by atoms with Gasteiger partial charge in [-0.05, 0) is 12.1 Å². The molecule has 0 fully saturated rings. The van der Waals surface area contributed by atoms with E-state index in [2.05, 4.69) is 10.4 Å². The van der Waals surface area contributed by atoms with Crippen LogP contribution in [0.3, 0.4) is 0 Å². The lowest BCUT2D eigenvalue weighted by atomic mass is 10.3. The SMILES string of the molecule is NS(=O)(=O)c1cc(NCCn2cccn2)cc([N+](=O)[O-])c1. The normalized spacial score (nSPS) is 11.3. The van der Waals surface area contributed by atoms with Gasteiger partial charge in [0.15, 0.2) is 0 Å². The molecule has 0 radical (unpaired) electrons. The van der Waals surface area contributed by atoms with Crippen molar-refractivity contribution in [3.05, 3.63) is 46.8 Å². The molecule has 10 heteroatoms. The van der Waals surface area contributed by atoms with Gasteiger partial charge in [0.25, 0.3) is 5.69 Å². The highest BCUT2D eigenvalue weighted by Crippen LogP contribution is 2.23. The minimum atomic E-state index is -4.01. The van der Waals surface area contributed by atoms with Gasteiger partial charge in [0, 0.05) is 36.8 Å². The van der Waals surface area contributed by atoms with E-state index in [4.69, 9.17) is 5.14 Å². The quantitative estimate of drug-likeness (QED) is 0.591. The van der Waals surface area contributed by atoms with Gasteiger partial charge >= 0.3 is 0 Å². The highest BCUT2D eigenvalue weighted by molar-refractivity contribution is 7.89. The third-order valence-electron chi connectivity index (χ3n) is 2.66. The van der Waals surface area contributed by atoms with Gasteiger partial charge in [-0.25, -0.2) is 13.6 Å². The molecule has 0 aliphatic heterocycles. The molecule has 1 aromatic heterocycles. The maximum atomic E-state index is 11.3. The van der Waals surface area contributed by atoms with Gasteiger partial charge in [0.1, 0.15) is 0 Å². The molecule has 0 unspecified atom stereocenters. The van der Waals surface area contributed by atoms with E-state index in [1.165, 1.54) is 12.1 Å². The second kappa shape index (κ2) is 5.89. The fourth-order valence-electron chi connectivity index (χ4n) is 1.70. The highest BCUT2D eigenvalue weighted by atomic mass is 32.2. The van der Waals surface area contributed by atoms with E-state index in [0.717, 1.165) is 6.07 Å². The summed E-state index contributed by atoms with van der Waals surface area (Å²) in [6, 6.07) is 5.20. The predicted molar refractivity (Wildman–Crippen MR) is 75.2 cm³/mol. The van der Waals surface area contributed by atoms with Crippen molar-refractivity contribution in [2.45, 2.75) is 11.4 Å². The summed E-state index contributed by atoms with van der Waals surface area (Å²) in [7, 11) is -4.01. The monoisotopic (exact) mass is 311 g/mol. The van der Waals surface area contributed by atoms with Crippen LogP contribution in [0.15, 0.2) is 41.6 Å². The summed E-state index contributed by atoms with van der Waals surface area (Å²) in [5, 5.41) is 22.7. The number of nitrogens with two attached hydrogens (primary N) is 1. The van der Waals surface area contributed by atoms with Crippen LogP contribution in [-0.4, -0.2) is 29.7 Å². The van der Waals surface area contributed by atoms with Crippen molar-refractivity contribution in [2.75, 3.05) is 11.9 Å². The number of primary sulfonamides is 1. The highest BCUT2D eigenvalue weighted by Gasteiger charge is 2.16. The van der Waals surface area contributed by atoms with Crippen molar-refractivity contribution in [1.29, 1.82) is 0 Å². The summed E-state index contributed by atoms with van der Waals surface area (Å²) < 4.78 is 24.3. The van der Waals surface area contributed by atoms with E-state index in [0.29, 0.717) is 18.8 Å². The second-order valence-electron chi connectivity index (χ2n) is 4.21. The Bertz CT molecular complexity index is 742. The first kappa shape index (κ1) is 14.9. The molecular weight excluding hydrogens is 298 g/mol. The summed E-state index contributed by atoms with van der Waals surface area (Å²) in [5.41, 5.74) is -0.0384. The Kier molecular flexibility index (Phi) is 4.19. The molecule has 1 aromatic carbocycles. The maximum Gasteiger partial charge on any atom is 0.272 e. The van der Waals surface area contributed by atoms with Gasteiger partial charge < -0.3 is 5.32 Å². The minimum absolute atomic E-state index is 0.306. The first-order valence-corrected chi connectivity index (χ1v) is 7.44. The number of rotatable bonds is 6. The molecule has 0 saturated heterocycles. The minimum Gasteiger partial charge on any atom is -0.383 e. The van der Waals surface area contributed by atoms with Crippen molar-refractivity contribution in [2.24, 2.45) is 5.14 Å². The number of benzene rings is 1. The molecule has 21 heavy (non-hydrogen) atoms. The van der Waals surface area contributed by atoms with Crippen molar-refractivity contribution in [3.8, 4) is 0 Å². The zero-order valence-corrected chi connectivity index (χ0v) is 11.7. The Hall–Kier alpha value is -2.46. The molecule has 0 atom stereocenters. The lowest BCUT2D eigenvalue weighted by Crippen LogP contribution is -2.14. The number of aromatic nitrogens is 2. The van der Waals surface area contributed by atoms with E-state index < -0.39 is 14.9 Å². The first-order chi connectivity index (χ1) is 9.86. The zero-order valence-electron chi connectivity index (χ0n) is 10.8. The Balaban J connectivity index is 2.18. The molecule has 1 heterocycles. The van der Waals surface area contributed by atoms with Gasteiger partial charge in [-0.15, -0.1) is 0 Å². The van der Waals surface area contributed by atoms with E-state index >= 15 is 0 Å². The molecule has 0 spiro atoms. The number of nitro groups is 1. The summed E-state index contributed by atoms with van der Waals surface area (Å²) in [5.74, 6) is 0. The maximum absolute atomic E-state index is 11.3. The van der Waals surface area contributed by atoms with Gasteiger partial charge in [-0.2, -0.15) is 5.10 Å². The van der Waals surface area contributed by atoms with Crippen molar-refractivity contribution >= 4 is 21.4 Å². The summed E-state index contributed by atoms with van der Waals surface area (Å²) in [6.45, 7) is 0.952. The number of non-ortho nitro benzene ring substituents is 1. The lowest BCUT2D eigenvalue weighted by molar-refractivity contribution is -0.385. The van der Waals surface area contributed by atoms with Crippen LogP contribution in [-0.2, 0) is 16.6 Å². The molecule has 2 aromatic rings. The third-order valence-corrected chi connectivity index (χ3v) is 3.55. The largest absolute Gasteiger partial charge is 0.383 e. The molecule has 2 rings (SSSR count). The molecule has 0 amide bonds. The fraction of sp³-hybridized carbons (Fsp3) is 0.182. The van der Waals surface area contributed by atoms with Crippen molar-refractivity contribution in [3.63, 3.8) is 0 Å². The van der Waals surface area contributed by atoms with Crippen molar-refractivity contribution < 1.29 is 13.3 Å². The van der Waals surface area contributed by atoms with Crippen LogP contribution in [0.4, 0.5) is 11.4 Å². The number of anilines is 1. The lowest BCUT2D eigenvalue weighted by Gasteiger charge is -2.08. The Morgan fingerprint density at radius 2 is 2.14 bits per heavy atom. The van der Waals surface area contributed by atoms with Crippen LogP contribution >= 0.6 is 0 Å². The van der Waals surface area contributed by atoms with Gasteiger partial charge in [0.2, 0.25) is 10.0 Å². The molecule has 0 bridgehead atoms. The van der Waals surface area contributed by atoms with Crippen LogP contribution in [0.25, 0.3) is 0 Å². The average Bonchev–Trinajstić information content (AvgIpc) is 2.90. The summed E-state index contributed by atoms with van der Waals surface area (Å²) >= 11 is 0. The van der Waals surface area contributed by atoms with Crippen LogP contribution in [0, 0.1) is 10.1 Å². The van der Waals surface area contributed by atoms with E-state index in [1.807, 2.05) is 0 Å². The fourth-order valence-corrected chi connectivity index (χ4v) is 2.28. The Morgan fingerprint density at radius 1 is 1.38 bits per heavy atom. The van der Waals surface area contributed by atoms with Crippen LogP contribution in [0.1, 0.15) is 0 Å². The van der Waals surface area contributed by atoms with Gasteiger partial charge in [0.05, 0.1) is 16.4 Å². The zero-order chi connectivity index (χ0) is 15.5. The number of nitrogens with one attached hydrogen (secondary N) is 1. The van der Waals surface area contributed by atoms with E-state index in [9.17, 15) is 18.5 Å². The number of sulfonamides is 1. The Morgan fingerprint density at radius 3 is 2.71 bits per heavy atom. The standard InChI is InChI=1S/C11H13N5O4S/c12-21(19,20)11-7-9(6-10(8-11)16(17)18)13-3-5-15-4-1-2-14-15/h1-2,4,6-8,13H,3,5H2,(H2,12,19,20). The van der Waals surface area contributed by atoms with Gasteiger partial charge in [-0.1, -0.05) is 0 Å². The summed E-state index contributed by atoms with van der Waals surface area (Å²) in [6.07, 6.45) is 3.40. The molecule has 9 nitrogen and oxygen atoms in total. The third kappa shape index (κ3) is 4.00. The Labute approximate surface area is 120 Å². The molecule has 112 valence electrons. The van der Waals surface area contributed by atoms with E-state index in [1.54, 1.807) is 23.1 Å².